The van der Waals surface area contributed by atoms with Gasteiger partial charge in [0.1, 0.15) is 5.82 Å². The standard InChI is InChI=1S/C14H16ClN3O2/c1-20-14(19)11-12-10(15)3-2-8-18(12)13(17-11)9-4-6-16-7-5-9/h2-3,8-9,16H,4-7H2,1H3. The van der Waals surface area contributed by atoms with E-state index >= 15 is 0 Å². The molecule has 2 aromatic heterocycles. The number of hydrogen-bond acceptors (Lipinski definition) is 4. The van der Waals surface area contributed by atoms with Gasteiger partial charge < -0.3 is 14.5 Å². The second-order valence-corrected chi connectivity index (χ2v) is 5.32. The molecule has 1 aliphatic heterocycles. The highest BCUT2D eigenvalue weighted by Crippen LogP contribution is 2.30. The van der Waals surface area contributed by atoms with Crippen LogP contribution in [-0.4, -0.2) is 35.6 Å². The molecule has 0 bridgehead atoms. The minimum atomic E-state index is -0.448. The first-order chi connectivity index (χ1) is 9.72. The van der Waals surface area contributed by atoms with E-state index in [-0.39, 0.29) is 0 Å². The van der Waals surface area contributed by atoms with Crippen molar-refractivity contribution < 1.29 is 9.53 Å². The Labute approximate surface area is 121 Å². The molecule has 1 aliphatic rings. The number of hydrogen-bond donors (Lipinski definition) is 1. The number of pyridine rings is 1. The third-order valence-electron chi connectivity index (χ3n) is 3.73. The minimum absolute atomic E-state index is 0.298. The Morgan fingerprint density at radius 2 is 2.25 bits per heavy atom. The van der Waals surface area contributed by atoms with Crippen molar-refractivity contribution in [2.75, 3.05) is 20.2 Å². The molecular formula is C14H16ClN3O2. The lowest BCUT2D eigenvalue weighted by Crippen LogP contribution is -2.27. The average molecular weight is 294 g/mol. The summed E-state index contributed by atoms with van der Waals surface area (Å²) >= 11 is 6.23. The van der Waals surface area contributed by atoms with Crippen molar-refractivity contribution in [1.82, 2.24) is 14.7 Å². The van der Waals surface area contributed by atoms with Gasteiger partial charge in [-0.05, 0) is 38.1 Å². The van der Waals surface area contributed by atoms with Gasteiger partial charge in [0.05, 0.1) is 17.6 Å². The van der Waals surface area contributed by atoms with E-state index in [9.17, 15) is 4.79 Å². The third kappa shape index (κ3) is 2.17. The summed E-state index contributed by atoms with van der Waals surface area (Å²) in [4.78, 5) is 16.4. The van der Waals surface area contributed by atoms with Crippen LogP contribution in [0, 0.1) is 0 Å². The quantitative estimate of drug-likeness (QED) is 0.863. The number of nitrogens with zero attached hydrogens (tertiary/aromatic N) is 2. The van der Waals surface area contributed by atoms with Crippen LogP contribution in [0.15, 0.2) is 18.3 Å². The van der Waals surface area contributed by atoms with E-state index in [1.807, 2.05) is 16.7 Å². The first-order valence-corrected chi connectivity index (χ1v) is 7.05. The maximum Gasteiger partial charge on any atom is 0.358 e. The van der Waals surface area contributed by atoms with E-state index in [1.54, 1.807) is 6.07 Å². The molecule has 106 valence electrons. The molecule has 1 N–H and O–H groups in total. The number of carbonyl (C=O) groups is 1. The van der Waals surface area contributed by atoms with E-state index in [4.69, 9.17) is 16.3 Å². The lowest BCUT2D eigenvalue weighted by atomic mass is 9.97. The Hall–Kier alpha value is -1.59. The van der Waals surface area contributed by atoms with Crippen LogP contribution in [0.2, 0.25) is 5.02 Å². The summed E-state index contributed by atoms with van der Waals surface area (Å²) in [5.41, 5.74) is 0.932. The Morgan fingerprint density at radius 3 is 2.95 bits per heavy atom. The van der Waals surface area contributed by atoms with Gasteiger partial charge in [0, 0.05) is 12.1 Å². The van der Waals surface area contributed by atoms with Crippen molar-refractivity contribution >= 4 is 23.1 Å². The maximum atomic E-state index is 11.9. The van der Waals surface area contributed by atoms with Crippen LogP contribution in [-0.2, 0) is 4.74 Å². The molecular weight excluding hydrogens is 278 g/mol. The van der Waals surface area contributed by atoms with E-state index in [2.05, 4.69) is 10.3 Å². The number of fused-ring (bicyclic) bond motifs is 1. The number of halogens is 1. The third-order valence-corrected chi connectivity index (χ3v) is 4.03. The fourth-order valence-corrected chi connectivity index (χ4v) is 2.98. The lowest BCUT2D eigenvalue weighted by molar-refractivity contribution is 0.0596. The average Bonchev–Trinajstić information content (AvgIpc) is 2.88. The Morgan fingerprint density at radius 1 is 1.50 bits per heavy atom. The van der Waals surface area contributed by atoms with Crippen LogP contribution < -0.4 is 5.32 Å². The lowest BCUT2D eigenvalue weighted by Gasteiger charge is -2.21. The Kier molecular flexibility index (Phi) is 3.63. The summed E-state index contributed by atoms with van der Waals surface area (Å²) in [6.45, 7) is 1.93. The van der Waals surface area contributed by atoms with Gasteiger partial charge in [-0.2, -0.15) is 0 Å². The van der Waals surface area contributed by atoms with E-state index in [1.165, 1.54) is 7.11 Å². The molecule has 0 saturated carbocycles. The van der Waals surface area contributed by atoms with Gasteiger partial charge in [-0.3, -0.25) is 0 Å². The molecule has 1 fully saturated rings. The van der Waals surface area contributed by atoms with Crippen molar-refractivity contribution in [1.29, 1.82) is 0 Å². The number of ether oxygens (including phenoxy) is 1. The summed E-state index contributed by atoms with van der Waals surface area (Å²) in [5.74, 6) is 0.779. The number of methoxy groups -OCH3 is 1. The van der Waals surface area contributed by atoms with Gasteiger partial charge in [-0.15, -0.1) is 0 Å². The highest BCUT2D eigenvalue weighted by atomic mass is 35.5. The molecule has 6 heteroatoms. The normalized spacial score (nSPS) is 16.5. The highest BCUT2D eigenvalue weighted by molar-refractivity contribution is 6.34. The molecule has 3 rings (SSSR count). The molecule has 0 aliphatic carbocycles. The molecule has 0 amide bonds. The smallest absolute Gasteiger partial charge is 0.358 e. The molecule has 0 radical (unpaired) electrons. The van der Waals surface area contributed by atoms with Gasteiger partial charge >= 0.3 is 5.97 Å². The van der Waals surface area contributed by atoms with E-state index < -0.39 is 5.97 Å². The molecule has 0 aromatic carbocycles. The first-order valence-electron chi connectivity index (χ1n) is 6.68. The van der Waals surface area contributed by atoms with Gasteiger partial charge in [-0.25, -0.2) is 9.78 Å². The molecule has 2 aromatic rings. The Bertz CT molecular complexity index is 647. The fourth-order valence-electron chi connectivity index (χ4n) is 2.73. The molecule has 0 spiro atoms. The minimum Gasteiger partial charge on any atom is -0.464 e. The molecule has 20 heavy (non-hydrogen) atoms. The predicted octanol–water partition coefficient (Wildman–Crippen LogP) is 2.24. The molecule has 1 saturated heterocycles. The van der Waals surface area contributed by atoms with Gasteiger partial charge in [0.25, 0.3) is 0 Å². The molecule has 3 heterocycles. The molecule has 0 unspecified atom stereocenters. The van der Waals surface area contributed by atoms with Gasteiger partial charge in [-0.1, -0.05) is 11.6 Å². The topological polar surface area (TPSA) is 55.6 Å². The van der Waals surface area contributed by atoms with Crippen molar-refractivity contribution in [2.45, 2.75) is 18.8 Å². The van der Waals surface area contributed by atoms with Gasteiger partial charge in [0.2, 0.25) is 0 Å². The largest absolute Gasteiger partial charge is 0.464 e. The van der Waals surface area contributed by atoms with Crippen molar-refractivity contribution in [3.05, 3.63) is 34.9 Å². The zero-order valence-electron chi connectivity index (χ0n) is 11.2. The zero-order chi connectivity index (χ0) is 14.1. The summed E-state index contributed by atoms with van der Waals surface area (Å²) in [6.07, 6.45) is 3.91. The van der Waals surface area contributed by atoms with Crippen LogP contribution >= 0.6 is 11.6 Å². The van der Waals surface area contributed by atoms with E-state index in [0.29, 0.717) is 22.2 Å². The Balaban J connectivity index is 2.17. The number of imidazole rings is 1. The first kappa shape index (κ1) is 13.4. The zero-order valence-corrected chi connectivity index (χ0v) is 12.0. The van der Waals surface area contributed by atoms with Crippen LogP contribution in [0.5, 0.6) is 0 Å². The number of nitrogens with one attached hydrogen (secondary N) is 1. The number of aromatic nitrogens is 2. The summed E-state index contributed by atoms with van der Waals surface area (Å²) in [6, 6.07) is 3.62. The number of rotatable bonds is 2. The van der Waals surface area contributed by atoms with Crippen LogP contribution in [0.3, 0.4) is 0 Å². The summed E-state index contributed by atoms with van der Waals surface area (Å²) < 4.78 is 6.74. The van der Waals surface area contributed by atoms with Crippen molar-refractivity contribution in [2.24, 2.45) is 0 Å². The second-order valence-electron chi connectivity index (χ2n) is 4.91. The van der Waals surface area contributed by atoms with Crippen molar-refractivity contribution in [3.8, 4) is 0 Å². The molecule has 5 nitrogen and oxygen atoms in total. The van der Waals surface area contributed by atoms with E-state index in [0.717, 1.165) is 31.8 Å². The fraction of sp³-hybridized carbons (Fsp3) is 0.429. The van der Waals surface area contributed by atoms with Crippen LogP contribution in [0.25, 0.3) is 5.52 Å². The monoisotopic (exact) mass is 293 g/mol. The SMILES string of the molecule is COC(=O)c1nc(C2CCNCC2)n2cccc(Cl)c12. The highest BCUT2D eigenvalue weighted by Gasteiger charge is 2.25. The summed E-state index contributed by atoms with van der Waals surface area (Å²) in [7, 11) is 1.36. The second kappa shape index (κ2) is 5.42. The van der Waals surface area contributed by atoms with Crippen LogP contribution in [0.1, 0.15) is 35.1 Å². The van der Waals surface area contributed by atoms with Gasteiger partial charge in [0.15, 0.2) is 5.69 Å². The predicted molar refractivity (Wildman–Crippen MR) is 76.4 cm³/mol. The number of piperidine rings is 1. The summed E-state index contributed by atoms with van der Waals surface area (Å²) in [5, 5.41) is 3.84. The van der Waals surface area contributed by atoms with Crippen molar-refractivity contribution in [3.63, 3.8) is 0 Å². The number of esters is 1. The maximum absolute atomic E-state index is 11.9. The number of carbonyl (C=O) groups excluding carboxylic acids is 1. The molecule has 0 atom stereocenters. The van der Waals surface area contributed by atoms with Crippen LogP contribution in [0.4, 0.5) is 0 Å².